The van der Waals surface area contributed by atoms with Gasteiger partial charge in [0.05, 0.1) is 19.4 Å². The Kier molecular flexibility index (Phi) is 6.18. The Labute approximate surface area is 143 Å². The number of hydrazone groups is 1. The van der Waals surface area contributed by atoms with Gasteiger partial charge in [-0.05, 0) is 62.4 Å². The lowest BCUT2D eigenvalue weighted by atomic mass is 9.85. The van der Waals surface area contributed by atoms with Crippen molar-refractivity contribution in [2.75, 3.05) is 19.0 Å². The number of methoxy groups -OCH3 is 1. The minimum atomic E-state index is -0.177. The second kappa shape index (κ2) is 8.34. The Balaban J connectivity index is 1.86. The third kappa shape index (κ3) is 4.98. The quantitative estimate of drug-likeness (QED) is 0.621. The summed E-state index contributed by atoms with van der Waals surface area (Å²) < 4.78 is 5.10. The number of carbonyl (C=O) groups is 1. The summed E-state index contributed by atoms with van der Waals surface area (Å²) in [6.07, 6.45) is 3.97. The molecule has 0 saturated carbocycles. The maximum absolute atomic E-state index is 12.0. The van der Waals surface area contributed by atoms with E-state index in [-0.39, 0.29) is 12.5 Å². The topological polar surface area (TPSA) is 62.7 Å². The number of nitrogens with zero attached hydrogens (tertiary/aromatic N) is 1. The Morgan fingerprint density at radius 1 is 1.38 bits per heavy atom. The monoisotopic (exact) mass is 327 g/mol. The highest BCUT2D eigenvalue weighted by Crippen LogP contribution is 2.26. The van der Waals surface area contributed by atoms with Gasteiger partial charge in [-0.3, -0.25) is 4.79 Å². The molecule has 0 heterocycles. The summed E-state index contributed by atoms with van der Waals surface area (Å²) in [6, 6.07) is 7.41. The van der Waals surface area contributed by atoms with E-state index < -0.39 is 0 Å². The van der Waals surface area contributed by atoms with Crippen molar-refractivity contribution < 1.29 is 9.53 Å². The van der Waals surface area contributed by atoms with Crippen LogP contribution in [0.4, 0.5) is 5.69 Å². The summed E-state index contributed by atoms with van der Waals surface area (Å²) in [7, 11) is 1.62. The van der Waals surface area contributed by atoms with Gasteiger partial charge < -0.3 is 10.1 Å². The number of ether oxygens (including phenoxy) is 1. The minimum absolute atomic E-state index is 0.162. The molecular formula is C19H25N3O2. The van der Waals surface area contributed by atoms with Crippen molar-refractivity contribution in [3.8, 4) is 5.75 Å². The summed E-state index contributed by atoms with van der Waals surface area (Å²) in [5.74, 6) is 1.01. The molecule has 128 valence electrons. The van der Waals surface area contributed by atoms with Crippen LogP contribution in [0.15, 0.2) is 53.2 Å². The molecule has 2 N–H and O–H groups in total. The van der Waals surface area contributed by atoms with Crippen LogP contribution in [0, 0.1) is 5.92 Å². The molecule has 0 bridgehead atoms. The van der Waals surface area contributed by atoms with Gasteiger partial charge in [0.2, 0.25) is 0 Å². The summed E-state index contributed by atoms with van der Waals surface area (Å²) in [5, 5.41) is 7.34. The molecule has 0 spiro atoms. The summed E-state index contributed by atoms with van der Waals surface area (Å²) >= 11 is 0. The van der Waals surface area contributed by atoms with Crippen LogP contribution in [0.2, 0.25) is 0 Å². The molecule has 1 atom stereocenters. The first-order valence-corrected chi connectivity index (χ1v) is 8.05. The number of rotatable bonds is 6. The zero-order chi connectivity index (χ0) is 17.5. The van der Waals surface area contributed by atoms with Crippen LogP contribution in [0.5, 0.6) is 5.75 Å². The van der Waals surface area contributed by atoms with Crippen molar-refractivity contribution in [3.63, 3.8) is 0 Å². The maximum Gasteiger partial charge on any atom is 0.259 e. The first kappa shape index (κ1) is 17.8. The third-order valence-electron chi connectivity index (χ3n) is 4.16. The van der Waals surface area contributed by atoms with Gasteiger partial charge >= 0.3 is 0 Å². The normalized spacial score (nSPS) is 18.7. The minimum Gasteiger partial charge on any atom is -0.497 e. The molecule has 0 fully saturated rings. The highest BCUT2D eigenvalue weighted by molar-refractivity contribution is 6.01. The largest absolute Gasteiger partial charge is 0.497 e. The van der Waals surface area contributed by atoms with Gasteiger partial charge in [0, 0.05) is 5.69 Å². The van der Waals surface area contributed by atoms with Crippen LogP contribution < -0.4 is 15.5 Å². The average molecular weight is 327 g/mol. The molecule has 0 aromatic heterocycles. The van der Waals surface area contributed by atoms with Crippen LogP contribution in [-0.4, -0.2) is 25.3 Å². The highest BCUT2D eigenvalue weighted by Gasteiger charge is 2.18. The van der Waals surface area contributed by atoms with Gasteiger partial charge in [-0.1, -0.05) is 18.2 Å². The molecule has 1 aliphatic carbocycles. The number of carbonyl (C=O) groups excluding carboxylic acids is 1. The van der Waals surface area contributed by atoms with E-state index in [4.69, 9.17) is 4.74 Å². The van der Waals surface area contributed by atoms with Gasteiger partial charge in [0.25, 0.3) is 5.91 Å². The van der Waals surface area contributed by atoms with Gasteiger partial charge in [-0.2, -0.15) is 5.10 Å². The average Bonchev–Trinajstić information content (AvgIpc) is 2.59. The van der Waals surface area contributed by atoms with Crippen molar-refractivity contribution in [2.24, 2.45) is 11.0 Å². The Bertz CT molecular complexity index is 660. The Morgan fingerprint density at radius 2 is 2.08 bits per heavy atom. The molecule has 1 aromatic rings. The number of allylic oxidation sites excluding steroid dienone is 3. The first-order valence-electron chi connectivity index (χ1n) is 8.05. The van der Waals surface area contributed by atoms with E-state index >= 15 is 0 Å². The smallest absolute Gasteiger partial charge is 0.259 e. The SMILES string of the molecule is C=C(C)[C@@H]1CC=C(C)/C(=N\NC(=O)CNc2ccc(OC)cc2)C1. The summed E-state index contributed by atoms with van der Waals surface area (Å²) in [5.41, 5.74) is 6.68. The number of benzene rings is 1. The zero-order valence-corrected chi connectivity index (χ0v) is 14.6. The predicted octanol–water partition coefficient (Wildman–Crippen LogP) is 3.51. The maximum atomic E-state index is 12.0. The Hall–Kier alpha value is -2.56. The van der Waals surface area contributed by atoms with Gasteiger partial charge in [0.1, 0.15) is 5.75 Å². The van der Waals surface area contributed by atoms with Crippen LogP contribution in [0.3, 0.4) is 0 Å². The van der Waals surface area contributed by atoms with Crippen molar-refractivity contribution >= 4 is 17.3 Å². The fraction of sp³-hybridized carbons (Fsp3) is 0.368. The molecule has 24 heavy (non-hydrogen) atoms. The molecular weight excluding hydrogens is 302 g/mol. The second-order valence-corrected chi connectivity index (χ2v) is 6.05. The molecule has 0 radical (unpaired) electrons. The molecule has 2 rings (SSSR count). The van der Waals surface area contributed by atoms with Gasteiger partial charge in [0.15, 0.2) is 0 Å². The lowest BCUT2D eigenvalue weighted by Gasteiger charge is -2.22. The highest BCUT2D eigenvalue weighted by atomic mass is 16.5. The van der Waals surface area contributed by atoms with E-state index in [1.54, 1.807) is 7.11 Å². The molecule has 0 aliphatic heterocycles. The summed E-state index contributed by atoms with van der Waals surface area (Å²) in [6.45, 7) is 8.24. The molecule has 0 unspecified atom stereocenters. The summed E-state index contributed by atoms with van der Waals surface area (Å²) in [4.78, 5) is 12.0. The molecule has 1 aromatic carbocycles. The van der Waals surface area contributed by atoms with E-state index in [2.05, 4.69) is 28.5 Å². The third-order valence-corrected chi connectivity index (χ3v) is 4.16. The second-order valence-electron chi connectivity index (χ2n) is 6.05. The molecule has 5 nitrogen and oxygen atoms in total. The van der Waals surface area contributed by atoms with E-state index in [9.17, 15) is 4.79 Å². The number of amides is 1. The van der Waals surface area contributed by atoms with Crippen LogP contribution in [-0.2, 0) is 4.79 Å². The lowest BCUT2D eigenvalue weighted by molar-refractivity contribution is -0.119. The number of anilines is 1. The van der Waals surface area contributed by atoms with Crippen LogP contribution >= 0.6 is 0 Å². The fourth-order valence-electron chi connectivity index (χ4n) is 2.48. The van der Waals surface area contributed by atoms with E-state index in [1.807, 2.05) is 38.1 Å². The molecule has 1 aliphatic rings. The van der Waals surface area contributed by atoms with Crippen molar-refractivity contribution in [1.82, 2.24) is 5.43 Å². The zero-order valence-electron chi connectivity index (χ0n) is 14.6. The Morgan fingerprint density at radius 3 is 2.71 bits per heavy atom. The van der Waals surface area contributed by atoms with E-state index in [0.29, 0.717) is 5.92 Å². The standard InChI is InChI=1S/C19H25N3O2/c1-13(2)15-6-5-14(3)18(11-15)21-22-19(23)12-20-16-7-9-17(24-4)10-8-16/h5,7-10,15,20H,1,6,11-12H2,2-4H3,(H,22,23)/b21-18-/t15-/m1/s1. The van der Waals surface area contributed by atoms with Crippen LogP contribution in [0.1, 0.15) is 26.7 Å². The fourth-order valence-corrected chi connectivity index (χ4v) is 2.48. The van der Waals surface area contributed by atoms with Crippen LogP contribution in [0.25, 0.3) is 0 Å². The molecule has 1 amide bonds. The first-order chi connectivity index (χ1) is 11.5. The number of hydrogen-bond donors (Lipinski definition) is 2. The van der Waals surface area contributed by atoms with Crippen molar-refractivity contribution in [2.45, 2.75) is 26.7 Å². The molecule has 0 saturated heterocycles. The molecule has 5 heteroatoms. The van der Waals surface area contributed by atoms with Crippen molar-refractivity contribution in [3.05, 3.63) is 48.1 Å². The predicted molar refractivity (Wildman–Crippen MR) is 98.4 cm³/mol. The lowest BCUT2D eigenvalue weighted by Crippen LogP contribution is -2.28. The number of hydrogen-bond acceptors (Lipinski definition) is 4. The van der Waals surface area contributed by atoms with Crippen molar-refractivity contribution in [1.29, 1.82) is 0 Å². The van der Waals surface area contributed by atoms with E-state index in [0.717, 1.165) is 41.1 Å². The van der Waals surface area contributed by atoms with Gasteiger partial charge in [-0.25, -0.2) is 5.43 Å². The number of nitrogens with one attached hydrogen (secondary N) is 2. The van der Waals surface area contributed by atoms with E-state index in [1.165, 1.54) is 0 Å². The van der Waals surface area contributed by atoms with Gasteiger partial charge in [-0.15, -0.1) is 0 Å².